The topological polar surface area (TPSA) is 136 Å². The third-order valence-corrected chi connectivity index (χ3v) is 5.14. The lowest BCUT2D eigenvalue weighted by molar-refractivity contribution is -0.138. The third-order valence-electron chi connectivity index (χ3n) is 3.50. The van der Waals surface area contributed by atoms with E-state index in [-0.39, 0.29) is 23.6 Å². The maximum Gasteiger partial charge on any atom is 0.320 e. The van der Waals surface area contributed by atoms with E-state index in [4.69, 9.17) is 15.4 Å². The highest BCUT2D eigenvalue weighted by Gasteiger charge is 2.23. The first kappa shape index (κ1) is 18.1. The van der Waals surface area contributed by atoms with E-state index in [0.717, 1.165) is 11.1 Å². The van der Waals surface area contributed by atoms with E-state index in [1.807, 2.05) is 0 Å². The number of aryl methyl sites for hydroxylation is 2. The standard InChI is InChI=1S/C15H19N3O5S/c1-9-14(10(2)23-18-9)24(21,22)17-8-12-5-3-11(4-6-12)7-13(16)15(19)20/h3-6,13,17H,7-8,16H2,1-2H3,(H,19,20)/t13-/m0/s1. The number of sulfonamides is 1. The van der Waals surface area contributed by atoms with E-state index in [1.165, 1.54) is 6.92 Å². The van der Waals surface area contributed by atoms with E-state index in [0.29, 0.717) is 5.69 Å². The van der Waals surface area contributed by atoms with Gasteiger partial charge in [0.05, 0.1) is 0 Å². The van der Waals surface area contributed by atoms with Crippen LogP contribution in [0.1, 0.15) is 22.6 Å². The minimum Gasteiger partial charge on any atom is -0.480 e. The van der Waals surface area contributed by atoms with Gasteiger partial charge in [-0.1, -0.05) is 29.4 Å². The number of nitrogens with one attached hydrogen (secondary N) is 1. The second-order valence-electron chi connectivity index (χ2n) is 5.44. The molecule has 1 heterocycles. The lowest BCUT2D eigenvalue weighted by Gasteiger charge is -2.09. The summed E-state index contributed by atoms with van der Waals surface area (Å²) in [7, 11) is -3.72. The average Bonchev–Trinajstić information content (AvgIpc) is 2.86. The van der Waals surface area contributed by atoms with Crippen molar-refractivity contribution < 1.29 is 22.8 Å². The highest BCUT2D eigenvalue weighted by atomic mass is 32.2. The second kappa shape index (κ2) is 7.12. The third kappa shape index (κ3) is 4.19. The first-order chi connectivity index (χ1) is 11.2. The molecule has 1 aromatic carbocycles. The summed E-state index contributed by atoms with van der Waals surface area (Å²) in [5.41, 5.74) is 7.28. The molecule has 0 radical (unpaired) electrons. The van der Waals surface area contributed by atoms with Gasteiger partial charge in [0.2, 0.25) is 10.0 Å². The molecule has 0 unspecified atom stereocenters. The lowest BCUT2D eigenvalue weighted by Crippen LogP contribution is -2.32. The zero-order valence-electron chi connectivity index (χ0n) is 13.3. The summed E-state index contributed by atoms with van der Waals surface area (Å²) >= 11 is 0. The molecule has 0 aliphatic carbocycles. The van der Waals surface area contributed by atoms with Crippen LogP contribution >= 0.6 is 0 Å². The van der Waals surface area contributed by atoms with Crippen LogP contribution in [0.2, 0.25) is 0 Å². The number of aromatic nitrogens is 1. The highest BCUT2D eigenvalue weighted by Crippen LogP contribution is 2.19. The molecule has 1 aromatic heterocycles. The van der Waals surface area contributed by atoms with E-state index in [9.17, 15) is 13.2 Å². The fourth-order valence-corrected chi connectivity index (χ4v) is 3.59. The Hall–Kier alpha value is -2.23. The summed E-state index contributed by atoms with van der Waals surface area (Å²) in [5, 5.41) is 12.4. The number of carbonyl (C=O) groups is 1. The molecule has 0 spiro atoms. The van der Waals surface area contributed by atoms with Gasteiger partial charge in [-0.05, 0) is 31.4 Å². The van der Waals surface area contributed by atoms with Gasteiger partial charge < -0.3 is 15.4 Å². The molecule has 4 N–H and O–H groups in total. The molecule has 0 fully saturated rings. The molecule has 130 valence electrons. The molecular weight excluding hydrogens is 334 g/mol. The molecule has 0 bridgehead atoms. The Labute approximate surface area is 139 Å². The van der Waals surface area contributed by atoms with Crippen molar-refractivity contribution in [3.05, 3.63) is 46.8 Å². The zero-order chi connectivity index (χ0) is 17.9. The van der Waals surface area contributed by atoms with E-state index >= 15 is 0 Å². The van der Waals surface area contributed by atoms with Crippen molar-refractivity contribution in [3.8, 4) is 0 Å². The summed E-state index contributed by atoms with van der Waals surface area (Å²) in [6, 6.07) is 5.93. The lowest BCUT2D eigenvalue weighted by atomic mass is 10.0. The van der Waals surface area contributed by atoms with Crippen molar-refractivity contribution in [3.63, 3.8) is 0 Å². The van der Waals surface area contributed by atoms with E-state index < -0.39 is 22.0 Å². The Bertz CT molecular complexity index is 808. The van der Waals surface area contributed by atoms with Crippen molar-refractivity contribution in [2.24, 2.45) is 5.73 Å². The number of nitrogens with zero attached hydrogens (tertiary/aromatic N) is 1. The van der Waals surface area contributed by atoms with Crippen molar-refractivity contribution in [1.82, 2.24) is 9.88 Å². The summed E-state index contributed by atoms with van der Waals surface area (Å²) in [5.74, 6) is -0.829. The van der Waals surface area contributed by atoms with Gasteiger partial charge in [-0.25, -0.2) is 13.1 Å². The number of aliphatic carboxylic acids is 1. The molecule has 0 aliphatic heterocycles. The molecule has 1 atom stereocenters. The van der Waals surface area contributed by atoms with Gasteiger partial charge in [-0.2, -0.15) is 0 Å². The number of nitrogens with two attached hydrogens (primary N) is 1. The van der Waals surface area contributed by atoms with Crippen molar-refractivity contribution in [2.75, 3.05) is 0 Å². The summed E-state index contributed by atoms with van der Waals surface area (Å²) < 4.78 is 32.0. The molecule has 0 saturated carbocycles. The quantitative estimate of drug-likeness (QED) is 0.667. The van der Waals surface area contributed by atoms with Crippen LogP contribution in [0, 0.1) is 13.8 Å². The molecule has 8 nitrogen and oxygen atoms in total. The largest absolute Gasteiger partial charge is 0.480 e. The van der Waals surface area contributed by atoms with E-state index in [1.54, 1.807) is 31.2 Å². The first-order valence-electron chi connectivity index (χ1n) is 7.19. The summed E-state index contributed by atoms with van der Waals surface area (Å²) in [6.07, 6.45) is 0.209. The average molecular weight is 353 g/mol. The molecule has 2 aromatic rings. The Morgan fingerprint density at radius 2 is 1.88 bits per heavy atom. The van der Waals surface area contributed by atoms with Gasteiger partial charge in [0, 0.05) is 6.54 Å². The van der Waals surface area contributed by atoms with Gasteiger partial charge in [-0.15, -0.1) is 0 Å². The Morgan fingerprint density at radius 1 is 1.29 bits per heavy atom. The zero-order valence-corrected chi connectivity index (χ0v) is 14.1. The maximum absolute atomic E-state index is 12.3. The van der Waals surface area contributed by atoms with Crippen molar-refractivity contribution in [2.45, 2.75) is 37.8 Å². The predicted molar refractivity (Wildman–Crippen MR) is 85.8 cm³/mol. The maximum atomic E-state index is 12.3. The van der Waals surface area contributed by atoms with Crippen LogP contribution in [0.5, 0.6) is 0 Å². The Kier molecular flexibility index (Phi) is 5.37. The molecule has 24 heavy (non-hydrogen) atoms. The van der Waals surface area contributed by atoms with Crippen LogP contribution in [0.4, 0.5) is 0 Å². The SMILES string of the molecule is Cc1noc(C)c1S(=O)(=O)NCc1ccc(C[C@H](N)C(=O)O)cc1. The molecule has 0 amide bonds. The van der Waals surface area contributed by atoms with Crippen molar-refractivity contribution >= 4 is 16.0 Å². The fourth-order valence-electron chi connectivity index (χ4n) is 2.24. The Balaban J connectivity index is 2.03. The number of hydrogen-bond acceptors (Lipinski definition) is 6. The smallest absolute Gasteiger partial charge is 0.320 e. The van der Waals surface area contributed by atoms with Gasteiger partial charge in [0.1, 0.15) is 16.6 Å². The van der Waals surface area contributed by atoms with Crippen LogP contribution < -0.4 is 10.5 Å². The van der Waals surface area contributed by atoms with Crippen molar-refractivity contribution in [1.29, 1.82) is 0 Å². The molecule has 0 aliphatic rings. The fraction of sp³-hybridized carbons (Fsp3) is 0.333. The van der Waals surface area contributed by atoms with Gasteiger partial charge in [-0.3, -0.25) is 4.79 Å². The van der Waals surface area contributed by atoms with E-state index in [2.05, 4.69) is 9.88 Å². The van der Waals surface area contributed by atoms with Crippen LogP contribution in [0.25, 0.3) is 0 Å². The molecular formula is C15H19N3O5S. The van der Waals surface area contributed by atoms with Crippen LogP contribution in [0.15, 0.2) is 33.7 Å². The molecule has 0 saturated heterocycles. The molecule has 2 rings (SSSR count). The number of carboxylic acids is 1. The monoisotopic (exact) mass is 353 g/mol. The highest BCUT2D eigenvalue weighted by molar-refractivity contribution is 7.89. The van der Waals surface area contributed by atoms with Gasteiger partial charge in [0.25, 0.3) is 0 Å². The minimum atomic E-state index is -3.72. The van der Waals surface area contributed by atoms with Crippen LogP contribution in [0.3, 0.4) is 0 Å². The summed E-state index contributed by atoms with van der Waals surface area (Å²) in [4.78, 5) is 10.8. The normalized spacial score (nSPS) is 13.0. The van der Waals surface area contributed by atoms with Crippen LogP contribution in [-0.2, 0) is 27.8 Å². The number of carboxylic acid groups (broad SMARTS) is 1. The second-order valence-corrected chi connectivity index (χ2v) is 7.15. The summed E-state index contributed by atoms with van der Waals surface area (Å²) in [6.45, 7) is 3.19. The number of hydrogen-bond donors (Lipinski definition) is 3. The minimum absolute atomic E-state index is 0.0477. The first-order valence-corrected chi connectivity index (χ1v) is 8.68. The number of benzene rings is 1. The van der Waals surface area contributed by atoms with Gasteiger partial charge >= 0.3 is 5.97 Å². The molecule has 9 heteroatoms. The van der Waals surface area contributed by atoms with Crippen LogP contribution in [-0.4, -0.2) is 30.7 Å². The van der Waals surface area contributed by atoms with Gasteiger partial charge in [0.15, 0.2) is 5.76 Å². The Morgan fingerprint density at radius 3 is 2.38 bits per heavy atom. The number of rotatable bonds is 7. The predicted octanol–water partition coefficient (Wildman–Crippen LogP) is 0.724.